The third-order valence-electron chi connectivity index (χ3n) is 1.80. The number of ether oxygens (including phenoxy) is 1. The van der Waals surface area contributed by atoms with Gasteiger partial charge in [0.25, 0.3) is 0 Å². The van der Waals surface area contributed by atoms with Crippen LogP contribution in [0.2, 0.25) is 4.34 Å². The number of halogens is 1. The van der Waals surface area contributed by atoms with Gasteiger partial charge in [0.05, 0.1) is 21.2 Å². The molecule has 15 heavy (non-hydrogen) atoms. The quantitative estimate of drug-likeness (QED) is 0.785. The van der Waals surface area contributed by atoms with E-state index in [-0.39, 0.29) is 5.78 Å². The number of methoxy groups -OCH3 is 1. The van der Waals surface area contributed by atoms with Gasteiger partial charge in [0.1, 0.15) is 0 Å². The zero-order chi connectivity index (χ0) is 10.8. The molecule has 0 unspecified atom stereocenters. The van der Waals surface area contributed by atoms with Gasteiger partial charge in [-0.25, -0.2) is 0 Å². The lowest BCUT2D eigenvalue weighted by Gasteiger charge is -1.92. The highest BCUT2D eigenvalue weighted by molar-refractivity contribution is 7.20. The van der Waals surface area contributed by atoms with Gasteiger partial charge in [0.15, 0.2) is 5.06 Å². The van der Waals surface area contributed by atoms with Crippen LogP contribution in [0, 0.1) is 0 Å². The molecule has 0 aliphatic heterocycles. The van der Waals surface area contributed by atoms with E-state index in [0.29, 0.717) is 14.1 Å². The van der Waals surface area contributed by atoms with Crippen LogP contribution in [0.3, 0.4) is 0 Å². The second-order valence-electron chi connectivity index (χ2n) is 2.76. The maximum absolute atomic E-state index is 11.9. The van der Waals surface area contributed by atoms with E-state index in [2.05, 4.69) is 0 Å². The minimum absolute atomic E-state index is 0.000185. The molecule has 0 bridgehead atoms. The van der Waals surface area contributed by atoms with Crippen molar-refractivity contribution in [2.45, 2.75) is 0 Å². The van der Waals surface area contributed by atoms with E-state index in [1.165, 1.54) is 22.7 Å². The van der Waals surface area contributed by atoms with E-state index < -0.39 is 0 Å². The second-order valence-corrected chi connectivity index (χ2v) is 5.52. The maximum atomic E-state index is 11.9. The zero-order valence-electron chi connectivity index (χ0n) is 7.82. The molecule has 0 amide bonds. The summed E-state index contributed by atoms with van der Waals surface area (Å²) in [6, 6.07) is 7.01. The Labute approximate surface area is 100 Å². The molecular weight excluding hydrogens is 252 g/mol. The predicted molar refractivity (Wildman–Crippen MR) is 63.6 cm³/mol. The molecule has 2 aromatic rings. The second kappa shape index (κ2) is 4.35. The largest absolute Gasteiger partial charge is 0.487 e. The van der Waals surface area contributed by atoms with Crippen LogP contribution in [-0.4, -0.2) is 12.9 Å². The molecule has 0 saturated carbocycles. The number of rotatable bonds is 3. The third-order valence-corrected chi connectivity index (χ3v) is 4.08. The smallest absolute Gasteiger partial charge is 0.213 e. The summed E-state index contributed by atoms with van der Waals surface area (Å²) >= 11 is 8.40. The Bertz CT molecular complexity index is 487. The third kappa shape index (κ3) is 2.22. The fraction of sp³-hybridized carbons (Fsp3) is 0.100. The monoisotopic (exact) mass is 258 g/mol. The van der Waals surface area contributed by atoms with E-state index in [1.54, 1.807) is 31.4 Å². The molecule has 2 rings (SSSR count). The van der Waals surface area contributed by atoms with Gasteiger partial charge < -0.3 is 4.74 Å². The van der Waals surface area contributed by atoms with Crippen LogP contribution in [0.15, 0.2) is 24.3 Å². The van der Waals surface area contributed by atoms with E-state index in [0.717, 1.165) is 5.06 Å². The summed E-state index contributed by atoms with van der Waals surface area (Å²) < 4.78 is 5.66. The lowest BCUT2D eigenvalue weighted by atomic mass is 10.3. The van der Waals surface area contributed by atoms with Gasteiger partial charge in [-0.15, -0.1) is 11.3 Å². The van der Waals surface area contributed by atoms with Gasteiger partial charge >= 0.3 is 0 Å². The van der Waals surface area contributed by atoms with Crippen LogP contribution in [0.25, 0.3) is 0 Å². The molecule has 2 heterocycles. The molecule has 0 aliphatic rings. The molecule has 0 saturated heterocycles. The van der Waals surface area contributed by atoms with E-state index in [1.807, 2.05) is 0 Å². The fourth-order valence-electron chi connectivity index (χ4n) is 1.11. The fourth-order valence-corrected chi connectivity index (χ4v) is 2.95. The average Bonchev–Trinajstić information content (AvgIpc) is 2.84. The topological polar surface area (TPSA) is 26.3 Å². The van der Waals surface area contributed by atoms with Gasteiger partial charge in [-0.05, 0) is 24.3 Å². The van der Waals surface area contributed by atoms with Crippen molar-refractivity contribution < 1.29 is 9.53 Å². The Morgan fingerprint density at radius 3 is 2.40 bits per heavy atom. The Hall–Kier alpha value is -0.840. The highest BCUT2D eigenvalue weighted by atomic mass is 35.5. The van der Waals surface area contributed by atoms with Crippen molar-refractivity contribution in [3.63, 3.8) is 0 Å². The molecule has 5 heteroatoms. The number of thiophene rings is 2. The van der Waals surface area contributed by atoms with Crippen molar-refractivity contribution in [2.75, 3.05) is 7.11 Å². The normalized spacial score (nSPS) is 10.3. The minimum atomic E-state index is 0.000185. The summed E-state index contributed by atoms with van der Waals surface area (Å²) in [6.45, 7) is 0. The molecule has 0 atom stereocenters. The number of carbonyl (C=O) groups is 1. The molecular formula is C10H7ClO2S2. The number of hydrogen-bond donors (Lipinski definition) is 0. The van der Waals surface area contributed by atoms with Crippen LogP contribution >= 0.6 is 34.3 Å². The van der Waals surface area contributed by atoms with E-state index >= 15 is 0 Å². The Balaban J connectivity index is 2.28. The maximum Gasteiger partial charge on any atom is 0.213 e. The Morgan fingerprint density at radius 2 is 1.87 bits per heavy atom. The first-order valence-corrected chi connectivity index (χ1v) is 6.15. The van der Waals surface area contributed by atoms with Crippen LogP contribution < -0.4 is 4.74 Å². The summed E-state index contributed by atoms with van der Waals surface area (Å²) in [5.74, 6) is 0.000185. The van der Waals surface area contributed by atoms with Gasteiger partial charge in [-0.3, -0.25) is 4.79 Å². The first kappa shape index (κ1) is 10.7. The molecule has 2 nitrogen and oxygen atoms in total. The summed E-state index contributed by atoms with van der Waals surface area (Å²) in [7, 11) is 1.59. The lowest BCUT2D eigenvalue weighted by Crippen LogP contribution is -1.93. The molecule has 2 aromatic heterocycles. The van der Waals surface area contributed by atoms with Crippen molar-refractivity contribution >= 4 is 40.1 Å². The van der Waals surface area contributed by atoms with E-state index in [4.69, 9.17) is 16.3 Å². The molecule has 0 aliphatic carbocycles. The molecule has 78 valence electrons. The van der Waals surface area contributed by atoms with Crippen molar-refractivity contribution in [1.29, 1.82) is 0 Å². The Morgan fingerprint density at radius 1 is 1.20 bits per heavy atom. The van der Waals surface area contributed by atoms with Crippen molar-refractivity contribution in [3.8, 4) is 5.06 Å². The molecule has 0 radical (unpaired) electrons. The lowest BCUT2D eigenvalue weighted by molar-refractivity contribution is 0.104. The minimum Gasteiger partial charge on any atom is -0.487 e. The summed E-state index contributed by atoms with van der Waals surface area (Å²) in [5.41, 5.74) is 0. The van der Waals surface area contributed by atoms with Gasteiger partial charge in [-0.2, -0.15) is 0 Å². The first-order chi connectivity index (χ1) is 7.20. The van der Waals surface area contributed by atoms with E-state index in [9.17, 15) is 4.79 Å². The molecule has 0 N–H and O–H groups in total. The number of carbonyl (C=O) groups excluding carboxylic acids is 1. The molecule has 0 fully saturated rings. The zero-order valence-corrected chi connectivity index (χ0v) is 10.2. The summed E-state index contributed by atoms with van der Waals surface area (Å²) in [6.07, 6.45) is 0. The SMILES string of the molecule is COc1ccc(C(=O)c2ccc(Cl)s2)s1. The highest BCUT2D eigenvalue weighted by Crippen LogP contribution is 2.29. The average molecular weight is 259 g/mol. The van der Waals surface area contributed by atoms with Crippen LogP contribution in [-0.2, 0) is 0 Å². The molecule has 0 aromatic carbocycles. The first-order valence-electron chi connectivity index (χ1n) is 4.14. The summed E-state index contributed by atoms with van der Waals surface area (Å²) in [5, 5.41) is 0.737. The van der Waals surface area contributed by atoms with Crippen LogP contribution in [0.4, 0.5) is 0 Å². The number of ketones is 1. The Kier molecular flexibility index (Phi) is 3.09. The van der Waals surface area contributed by atoms with Crippen LogP contribution in [0.1, 0.15) is 14.5 Å². The van der Waals surface area contributed by atoms with Crippen LogP contribution in [0.5, 0.6) is 5.06 Å². The van der Waals surface area contributed by atoms with Crippen molar-refractivity contribution in [2.24, 2.45) is 0 Å². The number of hydrogen-bond acceptors (Lipinski definition) is 4. The summed E-state index contributed by atoms with van der Waals surface area (Å²) in [4.78, 5) is 13.2. The van der Waals surface area contributed by atoms with Gasteiger partial charge in [-0.1, -0.05) is 22.9 Å². The highest BCUT2D eigenvalue weighted by Gasteiger charge is 2.14. The van der Waals surface area contributed by atoms with Crippen molar-refractivity contribution in [1.82, 2.24) is 0 Å². The van der Waals surface area contributed by atoms with Gasteiger partial charge in [0, 0.05) is 0 Å². The predicted octanol–water partition coefficient (Wildman–Crippen LogP) is 3.70. The molecule has 0 spiro atoms. The standard InChI is InChI=1S/C10H7ClO2S2/c1-13-9-5-3-7(15-9)10(12)6-2-4-8(11)14-6/h2-5H,1H3. The van der Waals surface area contributed by atoms with Crippen molar-refractivity contribution in [3.05, 3.63) is 38.4 Å². The van der Waals surface area contributed by atoms with Gasteiger partial charge in [0.2, 0.25) is 5.78 Å².